The molecule has 108 valence electrons. The average Bonchev–Trinajstić information content (AvgIpc) is 2.84. The van der Waals surface area contributed by atoms with E-state index in [0.29, 0.717) is 0 Å². The highest BCUT2D eigenvalue weighted by Gasteiger charge is 2.27. The minimum absolute atomic E-state index is 0.176. The van der Waals surface area contributed by atoms with Gasteiger partial charge in [-0.2, -0.15) is 5.10 Å². The molecule has 0 saturated carbocycles. The van der Waals surface area contributed by atoms with Gasteiger partial charge >= 0.3 is 0 Å². The number of aromatic nitrogens is 2. The van der Waals surface area contributed by atoms with Gasteiger partial charge in [0, 0.05) is 37.2 Å². The van der Waals surface area contributed by atoms with Gasteiger partial charge in [0.1, 0.15) is 0 Å². The van der Waals surface area contributed by atoms with Crippen LogP contribution < -0.4 is 5.32 Å². The highest BCUT2D eigenvalue weighted by Crippen LogP contribution is 2.22. The van der Waals surface area contributed by atoms with Crippen LogP contribution in [0.4, 0.5) is 0 Å². The minimum Gasteiger partial charge on any atom is -0.381 e. The van der Waals surface area contributed by atoms with Crippen molar-refractivity contribution in [1.29, 1.82) is 0 Å². The zero-order valence-corrected chi connectivity index (χ0v) is 12.4. The lowest BCUT2D eigenvalue weighted by atomic mass is 9.92. The molecule has 1 saturated heterocycles. The summed E-state index contributed by atoms with van der Waals surface area (Å²) in [7, 11) is 0. The second-order valence-corrected chi connectivity index (χ2v) is 5.81. The molecular formula is C16H23N3O. The number of benzene rings is 1. The van der Waals surface area contributed by atoms with Crippen molar-refractivity contribution < 1.29 is 4.74 Å². The van der Waals surface area contributed by atoms with Gasteiger partial charge < -0.3 is 10.1 Å². The van der Waals surface area contributed by atoms with E-state index in [1.165, 1.54) is 10.9 Å². The molecule has 2 heterocycles. The SMILES string of the molecule is CCn1nc(CNC2(C)CCOCC2)c2ccccc21. The maximum atomic E-state index is 5.45. The number of hydrogen-bond donors (Lipinski definition) is 1. The summed E-state index contributed by atoms with van der Waals surface area (Å²) in [6.45, 7) is 7.86. The van der Waals surface area contributed by atoms with E-state index in [1.54, 1.807) is 0 Å². The molecule has 3 rings (SSSR count). The van der Waals surface area contributed by atoms with Gasteiger partial charge in [0.05, 0.1) is 11.2 Å². The Morgan fingerprint density at radius 1 is 1.30 bits per heavy atom. The van der Waals surface area contributed by atoms with E-state index in [4.69, 9.17) is 9.84 Å². The van der Waals surface area contributed by atoms with Crippen LogP contribution in [0.25, 0.3) is 10.9 Å². The van der Waals surface area contributed by atoms with E-state index in [1.807, 2.05) is 0 Å². The summed E-state index contributed by atoms with van der Waals surface area (Å²) in [6.07, 6.45) is 2.14. The number of nitrogens with zero attached hydrogens (tertiary/aromatic N) is 2. The van der Waals surface area contributed by atoms with Crippen molar-refractivity contribution in [3.05, 3.63) is 30.0 Å². The van der Waals surface area contributed by atoms with Crippen LogP contribution in [0.3, 0.4) is 0 Å². The first-order valence-corrected chi connectivity index (χ1v) is 7.49. The Morgan fingerprint density at radius 2 is 2.05 bits per heavy atom. The third-order valence-electron chi connectivity index (χ3n) is 4.31. The third-order valence-corrected chi connectivity index (χ3v) is 4.31. The van der Waals surface area contributed by atoms with E-state index in [9.17, 15) is 0 Å². The molecular weight excluding hydrogens is 250 g/mol. The number of rotatable bonds is 4. The first-order valence-electron chi connectivity index (χ1n) is 7.49. The fourth-order valence-electron chi connectivity index (χ4n) is 2.86. The highest BCUT2D eigenvalue weighted by atomic mass is 16.5. The number of hydrogen-bond acceptors (Lipinski definition) is 3. The predicted octanol–water partition coefficient (Wildman–Crippen LogP) is 2.71. The Morgan fingerprint density at radius 3 is 2.80 bits per heavy atom. The molecule has 2 aromatic rings. The van der Waals surface area contributed by atoms with Gasteiger partial charge in [-0.25, -0.2) is 0 Å². The molecule has 0 unspecified atom stereocenters. The predicted molar refractivity (Wildman–Crippen MR) is 80.7 cm³/mol. The minimum atomic E-state index is 0.176. The lowest BCUT2D eigenvalue weighted by molar-refractivity contribution is 0.0445. The van der Waals surface area contributed by atoms with Crippen molar-refractivity contribution >= 4 is 10.9 Å². The van der Waals surface area contributed by atoms with Gasteiger partial charge in [0.25, 0.3) is 0 Å². The van der Waals surface area contributed by atoms with E-state index < -0.39 is 0 Å². The first-order chi connectivity index (χ1) is 9.72. The number of aryl methyl sites for hydroxylation is 1. The Hall–Kier alpha value is -1.39. The van der Waals surface area contributed by atoms with Crippen LogP contribution in [-0.4, -0.2) is 28.5 Å². The lowest BCUT2D eigenvalue weighted by Crippen LogP contribution is -2.46. The molecule has 1 aliphatic heterocycles. The maximum absolute atomic E-state index is 5.45. The van der Waals surface area contributed by atoms with Crippen LogP contribution >= 0.6 is 0 Å². The van der Waals surface area contributed by atoms with Crippen molar-refractivity contribution in [3.8, 4) is 0 Å². The number of ether oxygens (including phenoxy) is 1. The summed E-state index contributed by atoms with van der Waals surface area (Å²) in [5.41, 5.74) is 2.55. The van der Waals surface area contributed by atoms with Crippen LogP contribution in [0.1, 0.15) is 32.4 Å². The summed E-state index contributed by atoms with van der Waals surface area (Å²) in [4.78, 5) is 0. The number of fused-ring (bicyclic) bond motifs is 1. The van der Waals surface area contributed by atoms with Gasteiger partial charge in [-0.1, -0.05) is 18.2 Å². The second-order valence-electron chi connectivity index (χ2n) is 5.81. The quantitative estimate of drug-likeness (QED) is 0.931. The molecule has 1 aromatic carbocycles. The number of nitrogens with one attached hydrogen (secondary N) is 1. The molecule has 1 aliphatic rings. The smallest absolute Gasteiger partial charge is 0.0841 e. The molecule has 0 radical (unpaired) electrons. The summed E-state index contributed by atoms with van der Waals surface area (Å²) in [5, 5.41) is 9.70. The van der Waals surface area contributed by atoms with E-state index in [2.05, 4.69) is 48.1 Å². The Labute approximate surface area is 120 Å². The normalized spacial score (nSPS) is 18.5. The molecule has 4 heteroatoms. The Bertz CT molecular complexity index is 584. The van der Waals surface area contributed by atoms with Gasteiger partial charge in [0.15, 0.2) is 0 Å². The molecule has 20 heavy (non-hydrogen) atoms. The van der Waals surface area contributed by atoms with E-state index in [0.717, 1.165) is 44.8 Å². The van der Waals surface area contributed by atoms with E-state index in [-0.39, 0.29) is 5.54 Å². The zero-order chi connectivity index (χ0) is 14.0. The van der Waals surface area contributed by atoms with Crippen LogP contribution in [0.5, 0.6) is 0 Å². The summed E-state index contributed by atoms with van der Waals surface area (Å²) >= 11 is 0. The van der Waals surface area contributed by atoms with Gasteiger partial charge in [-0.15, -0.1) is 0 Å². The number of para-hydroxylation sites is 1. The van der Waals surface area contributed by atoms with E-state index >= 15 is 0 Å². The van der Waals surface area contributed by atoms with Gasteiger partial charge in [0.2, 0.25) is 0 Å². The van der Waals surface area contributed by atoms with Crippen molar-refractivity contribution in [2.75, 3.05) is 13.2 Å². The van der Waals surface area contributed by atoms with Crippen molar-refractivity contribution in [2.24, 2.45) is 0 Å². The standard InChI is InChI=1S/C16H23N3O/c1-3-19-15-7-5-4-6-13(15)14(18-19)12-17-16(2)8-10-20-11-9-16/h4-7,17H,3,8-12H2,1-2H3. The Kier molecular flexibility index (Phi) is 3.76. The lowest BCUT2D eigenvalue weighted by Gasteiger charge is -2.34. The third kappa shape index (κ3) is 2.58. The molecule has 0 aliphatic carbocycles. The van der Waals surface area contributed by atoms with Gasteiger partial charge in [-0.3, -0.25) is 4.68 Å². The molecule has 0 spiro atoms. The average molecular weight is 273 g/mol. The van der Waals surface area contributed by atoms with Gasteiger partial charge in [-0.05, 0) is 32.8 Å². The summed E-state index contributed by atoms with van der Waals surface area (Å²) in [5.74, 6) is 0. The highest BCUT2D eigenvalue weighted by molar-refractivity contribution is 5.81. The molecule has 0 atom stereocenters. The monoisotopic (exact) mass is 273 g/mol. The zero-order valence-electron chi connectivity index (χ0n) is 12.4. The summed E-state index contributed by atoms with van der Waals surface area (Å²) in [6, 6.07) is 8.47. The van der Waals surface area contributed by atoms with Crippen molar-refractivity contribution in [2.45, 2.75) is 45.3 Å². The fourth-order valence-corrected chi connectivity index (χ4v) is 2.86. The molecule has 0 amide bonds. The molecule has 1 N–H and O–H groups in total. The maximum Gasteiger partial charge on any atom is 0.0841 e. The van der Waals surface area contributed by atoms with Crippen LogP contribution in [0.15, 0.2) is 24.3 Å². The first kappa shape index (κ1) is 13.6. The molecule has 4 nitrogen and oxygen atoms in total. The van der Waals surface area contributed by atoms with Crippen LogP contribution in [-0.2, 0) is 17.8 Å². The van der Waals surface area contributed by atoms with Crippen LogP contribution in [0, 0.1) is 0 Å². The van der Waals surface area contributed by atoms with Crippen LogP contribution in [0.2, 0.25) is 0 Å². The molecule has 1 aromatic heterocycles. The van der Waals surface area contributed by atoms with Crippen molar-refractivity contribution in [3.63, 3.8) is 0 Å². The summed E-state index contributed by atoms with van der Waals surface area (Å²) < 4.78 is 7.53. The largest absolute Gasteiger partial charge is 0.381 e. The molecule has 0 bridgehead atoms. The van der Waals surface area contributed by atoms with Crippen molar-refractivity contribution in [1.82, 2.24) is 15.1 Å². The Balaban J connectivity index is 1.80. The molecule has 1 fully saturated rings. The fraction of sp³-hybridized carbons (Fsp3) is 0.562. The second kappa shape index (κ2) is 5.54. The topological polar surface area (TPSA) is 39.1 Å².